The summed E-state index contributed by atoms with van der Waals surface area (Å²) in [5, 5.41) is 38.9. The van der Waals surface area contributed by atoms with Crippen LogP contribution in [0.1, 0.15) is 147 Å². The average molecular weight is 835 g/mol. The fourth-order valence-electron chi connectivity index (χ4n) is 11.1. The maximum atomic E-state index is 14.6. The van der Waals surface area contributed by atoms with Gasteiger partial charge in [0.05, 0.1) is 53.7 Å². The lowest BCUT2D eigenvalue weighted by molar-refractivity contribution is -0.397. The molecule has 2 amide bonds. The Bertz CT molecular complexity index is 1500. The molecule has 4 saturated heterocycles. The zero-order valence-corrected chi connectivity index (χ0v) is 37.8. The van der Waals surface area contributed by atoms with Gasteiger partial charge in [-0.1, -0.05) is 68.4 Å². The van der Waals surface area contributed by atoms with E-state index in [1.165, 1.54) is 0 Å². The second-order valence-corrected chi connectivity index (χ2v) is 19.3. The molecular formula is C46H78N2O11. The number of hydrogen-bond donors (Lipinski definition) is 5. The molecule has 2 spiro atoms. The minimum atomic E-state index is -1.31. The van der Waals surface area contributed by atoms with Crippen LogP contribution in [0.3, 0.4) is 0 Å². The molecule has 13 heteroatoms. The second kappa shape index (κ2) is 19.1. The molecule has 5 aliphatic rings. The predicted molar refractivity (Wildman–Crippen MR) is 223 cm³/mol. The number of nitrogens with one attached hydrogen (secondary N) is 2. The van der Waals surface area contributed by atoms with Gasteiger partial charge in [-0.2, -0.15) is 0 Å². The number of Topliss-reactive ketones (excluding diaryl/α,β-unsaturated/α-hetero) is 1. The number of amides is 2. The molecule has 13 nitrogen and oxygen atoms in total. The van der Waals surface area contributed by atoms with Crippen LogP contribution in [0, 0.1) is 41.4 Å². The molecule has 0 aromatic heterocycles. The van der Waals surface area contributed by atoms with Crippen molar-refractivity contribution < 1.29 is 53.4 Å². The van der Waals surface area contributed by atoms with Crippen molar-refractivity contribution in [1.82, 2.24) is 10.6 Å². The third kappa shape index (κ3) is 9.61. The number of aliphatic hydroxyl groups is 2. The van der Waals surface area contributed by atoms with E-state index in [1.807, 2.05) is 60.6 Å². The molecule has 0 aromatic rings. The lowest BCUT2D eigenvalue weighted by atomic mass is 9.72. The zero-order valence-electron chi connectivity index (χ0n) is 37.8. The molecule has 0 bridgehead atoms. The third-order valence-corrected chi connectivity index (χ3v) is 15.3. The summed E-state index contributed by atoms with van der Waals surface area (Å²) in [6, 6.07) is -0.979. The first-order valence-corrected chi connectivity index (χ1v) is 23.0. The Morgan fingerprint density at radius 2 is 1.58 bits per heavy atom. The quantitative estimate of drug-likeness (QED) is 0.108. The van der Waals surface area contributed by atoms with Crippen LogP contribution in [-0.2, 0) is 33.3 Å². The van der Waals surface area contributed by atoms with E-state index in [2.05, 4.69) is 31.4 Å². The molecule has 5 N–H and O–H groups in total. The number of rotatable bonds is 15. The first-order chi connectivity index (χ1) is 27.7. The average Bonchev–Trinajstić information content (AvgIpc) is 3.54. The predicted octanol–water partition coefficient (Wildman–Crippen LogP) is 6.90. The van der Waals surface area contributed by atoms with Gasteiger partial charge in [0.15, 0.2) is 11.6 Å². The third-order valence-electron chi connectivity index (χ3n) is 15.3. The fraction of sp³-hybridized carbons (Fsp3) is 0.891. The normalized spacial score (nSPS) is 42.5. The minimum Gasteiger partial charge on any atom is -0.481 e. The van der Waals surface area contributed by atoms with Gasteiger partial charge in [-0.25, -0.2) is 4.79 Å². The zero-order chi connectivity index (χ0) is 43.7. The van der Waals surface area contributed by atoms with Crippen LogP contribution in [-0.4, -0.2) is 105 Å². The van der Waals surface area contributed by atoms with Crippen LogP contribution in [0.15, 0.2) is 12.2 Å². The van der Waals surface area contributed by atoms with Crippen LogP contribution in [0.25, 0.3) is 0 Å². The molecule has 338 valence electrons. The summed E-state index contributed by atoms with van der Waals surface area (Å²) >= 11 is 0. The van der Waals surface area contributed by atoms with E-state index in [1.54, 1.807) is 6.92 Å². The Balaban J connectivity index is 1.38. The lowest BCUT2D eigenvalue weighted by Crippen LogP contribution is -2.66. The maximum Gasteiger partial charge on any atom is 0.315 e. The number of hydrogen-bond acceptors (Lipinski definition) is 10. The fourth-order valence-corrected chi connectivity index (χ4v) is 11.1. The Morgan fingerprint density at radius 1 is 0.881 bits per heavy atom. The Labute approximate surface area is 353 Å². The molecule has 0 aromatic carbocycles. The van der Waals surface area contributed by atoms with Gasteiger partial charge in [0.1, 0.15) is 11.8 Å². The van der Waals surface area contributed by atoms with Crippen LogP contribution in [0.2, 0.25) is 0 Å². The van der Waals surface area contributed by atoms with E-state index in [9.17, 15) is 29.7 Å². The summed E-state index contributed by atoms with van der Waals surface area (Å²) in [6.45, 7) is 22.2. The van der Waals surface area contributed by atoms with Crippen molar-refractivity contribution in [3.8, 4) is 0 Å². The standard InChI is InChI=1S/C46H78N2O11/c1-12-24-47-42(53)48-35-18-21-45(59-46(35)23-22-43(11,58-46)36-19-20-44(54,15-4)31(10)55-36)28(7)25-27(6)40(57-45)33(14-3)38(50)29(8)37(49)30(9)39-26(5)16-17-34(56-39)32(13-2)41(51)52/h18,21,26-37,39-40,49,54H,12-17,19-20,22-25H2,1-11H3,(H,51,52)(H2,47,48,53)/t26-,27-,28+,29-,30-,31-,32+,33-,34+,35-,36+,37+,39+,40-,43-,44+,45-,46-/m0/s1. The number of carboxylic acid groups (broad SMARTS) is 1. The van der Waals surface area contributed by atoms with Crippen LogP contribution in [0.4, 0.5) is 4.79 Å². The number of ketones is 1. The molecule has 0 saturated carbocycles. The number of urea groups is 1. The molecular weight excluding hydrogens is 757 g/mol. The molecule has 0 radical (unpaired) electrons. The van der Waals surface area contributed by atoms with Crippen molar-refractivity contribution in [2.75, 3.05) is 6.54 Å². The summed E-state index contributed by atoms with van der Waals surface area (Å²) < 4.78 is 34.4. The van der Waals surface area contributed by atoms with Crippen molar-refractivity contribution in [1.29, 1.82) is 0 Å². The number of aliphatic hydroxyl groups excluding tert-OH is 1. The van der Waals surface area contributed by atoms with Crippen LogP contribution < -0.4 is 10.6 Å². The number of aliphatic carboxylic acids is 1. The van der Waals surface area contributed by atoms with E-state index >= 15 is 0 Å². The van der Waals surface area contributed by atoms with E-state index in [4.69, 9.17) is 23.7 Å². The number of carboxylic acids is 1. The Morgan fingerprint density at radius 3 is 2.19 bits per heavy atom. The first-order valence-electron chi connectivity index (χ1n) is 23.0. The summed E-state index contributed by atoms with van der Waals surface area (Å²) in [5.41, 5.74) is -1.69. The van der Waals surface area contributed by atoms with Crippen molar-refractivity contribution >= 4 is 17.8 Å². The van der Waals surface area contributed by atoms with Crippen molar-refractivity contribution in [2.45, 2.75) is 212 Å². The molecule has 4 fully saturated rings. The van der Waals surface area contributed by atoms with Crippen LogP contribution in [0.5, 0.6) is 0 Å². The Hall–Kier alpha value is -2.13. The highest BCUT2D eigenvalue weighted by molar-refractivity contribution is 5.84. The summed E-state index contributed by atoms with van der Waals surface area (Å²) in [5.74, 6) is -5.90. The smallest absolute Gasteiger partial charge is 0.315 e. The summed E-state index contributed by atoms with van der Waals surface area (Å²) in [4.78, 5) is 39.8. The van der Waals surface area contributed by atoms with Gasteiger partial charge in [-0.3, -0.25) is 9.59 Å². The van der Waals surface area contributed by atoms with Gasteiger partial charge < -0.3 is 49.6 Å². The molecule has 18 atom stereocenters. The van der Waals surface area contributed by atoms with E-state index in [0.717, 1.165) is 12.8 Å². The first kappa shape index (κ1) is 47.9. The number of carbonyl (C=O) groups excluding carboxylic acids is 2. The van der Waals surface area contributed by atoms with Crippen LogP contribution >= 0.6 is 0 Å². The van der Waals surface area contributed by atoms with E-state index < -0.39 is 76.8 Å². The lowest BCUT2D eigenvalue weighted by Gasteiger charge is -2.55. The van der Waals surface area contributed by atoms with Crippen molar-refractivity contribution in [3.05, 3.63) is 12.2 Å². The van der Waals surface area contributed by atoms with Gasteiger partial charge >= 0.3 is 12.0 Å². The number of carbonyl (C=O) groups is 3. The molecule has 5 heterocycles. The van der Waals surface area contributed by atoms with Gasteiger partial charge in [0.25, 0.3) is 0 Å². The van der Waals surface area contributed by atoms with Gasteiger partial charge in [0.2, 0.25) is 0 Å². The Kier molecular flexibility index (Phi) is 15.5. The highest BCUT2D eigenvalue weighted by Gasteiger charge is 2.63. The molecule has 5 rings (SSSR count). The summed E-state index contributed by atoms with van der Waals surface area (Å²) in [7, 11) is 0. The van der Waals surface area contributed by atoms with Gasteiger partial charge in [-0.15, -0.1) is 0 Å². The second-order valence-electron chi connectivity index (χ2n) is 19.3. The summed E-state index contributed by atoms with van der Waals surface area (Å²) in [6.07, 6.45) is 7.44. The van der Waals surface area contributed by atoms with Gasteiger partial charge in [-0.05, 0) is 96.0 Å². The largest absolute Gasteiger partial charge is 0.481 e. The maximum absolute atomic E-state index is 14.6. The SMILES string of the molecule is CCCNC(=O)N[C@H]1C=C[C@]2(O[C@H]([C@@H](CC)C(=O)[C@@H](C)[C@@H](O)[C@H](C)[C@@H]3O[C@@H]([C@@H](CC)C(=O)O)CC[C@@H]3C)[C@@H](C)C[C@H]2C)O[C@@]12CC[C@@](C)([C@H]1CC[C@](O)(CC)[C@H](C)O1)O2. The van der Waals surface area contributed by atoms with Crippen molar-refractivity contribution in [3.63, 3.8) is 0 Å². The monoisotopic (exact) mass is 835 g/mol. The molecule has 5 aliphatic heterocycles. The molecule has 0 aliphatic carbocycles. The van der Waals surface area contributed by atoms with Crippen molar-refractivity contribution in [2.24, 2.45) is 41.4 Å². The highest BCUT2D eigenvalue weighted by atomic mass is 16.8. The minimum absolute atomic E-state index is 0.0106. The molecule has 0 unspecified atom stereocenters. The topological polar surface area (TPSA) is 182 Å². The van der Waals surface area contributed by atoms with E-state index in [-0.39, 0.29) is 47.9 Å². The highest BCUT2D eigenvalue weighted by Crippen LogP contribution is 2.54. The molecule has 59 heavy (non-hydrogen) atoms. The number of ether oxygens (including phenoxy) is 5. The van der Waals surface area contributed by atoms with E-state index in [0.29, 0.717) is 64.3 Å². The van der Waals surface area contributed by atoms with Gasteiger partial charge in [0, 0.05) is 36.6 Å².